The largest absolute Gasteiger partial charge is 0.490 e. The van der Waals surface area contributed by atoms with Crippen molar-refractivity contribution < 1.29 is 65.3 Å². The Kier molecular flexibility index (Phi) is 19.6. The van der Waals surface area contributed by atoms with Crippen molar-refractivity contribution in [3.05, 3.63) is 132 Å². The molecule has 3 aromatic heterocycles. The maximum absolute atomic E-state index is 13.5. The van der Waals surface area contributed by atoms with Crippen molar-refractivity contribution in [3.63, 3.8) is 0 Å². The minimum Gasteiger partial charge on any atom is -0.475 e. The van der Waals surface area contributed by atoms with Gasteiger partial charge >= 0.3 is 24.3 Å². The molecule has 1 fully saturated rings. The third kappa shape index (κ3) is 17.6. The standard InChI is InChI=1S/C40H43N7O4S.2C2HF3O2/c1-45-28-33(43-38(48)32-12-10-30(11-13-32)8-9-31-14-16-41-17-15-31)26-36(45)40(50)44-34-27-37(39(49)42-18-20-46-21-23-51-24-22-46)47(29-34)19-5-25-52-35-6-3-2-4-7-35;2*3-2(4,5)1(6)7/h2-4,6-17,26-29H,5,18-25H2,1H3,(H,42,49)(H,43,48)(H,44,50);2*(H,6,7)/b9-8+;;. The Hall–Kier alpha value is -6.91. The molecule has 0 radical (unpaired) electrons. The number of nitrogens with one attached hydrogen (secondary N) is 3. The zero-order valence-corrected chi connectivity index (χ0v) is 36.0. The molecule has 1 aliphatic rings. The van der Waals surface area contributed by atoms with Gasteiger partial charge in [0.2, 0.25) is 0 Å². The summed E-state index contributed by atoms with van der Waals surface area (Å²) in [4.78, 5) is 65.2. The highest BCUT2D eigenvalue weighted by Gasteiger charge is 2.39. The number of thioether (sulfide) groups is 1. The molecule has 15 nitrogen and oxygen atoms in total. The molecule has 5 N–H and O–H groups in total. The third-order valence-electron chi connectivity index (χ3n) is 9.09. The van der Waals surface area contributed by atoms with Crippen LogP contribution >= 0.6 is 11.8 Å². The zero-order chi connectivity index (χ0) is 48.3. The lowest BCUT2D eigenvalue weighted by atomic mass is 10.1. The Labute approximate surface area is 378 Å². The van der Waals surface area contributed by atoms with Gasteiger partial charge in [0.15, 0.2) is 0 Å². The molecule has 1 saturated heterocycles. The summed E-state index contributed by atoms with van der Waals surface area (Å²) in [6.07, 6.45) is 1.61. The number of alkyl halides is 6. The van der Waals surface area contributed by atoms with Crippen LogP contribution in [0.1, 0.15) is 48.9 Å². The predicted molar refractivity (Wildman–Crippen MR) is 234 cm³/mol. The summed E-state index contributed by atoms with van der Waals surface area (Å²) in [5.74, 6) is -5.46. The summed E-state index contributed by atoms with van der Waals surface area (Å²) in [5, 5.41) is 23.2. The molecule has 0 unspecified atom stereocenters. The monoisotopic (exact) mass is 945 g/mol. The summed E-state index contributed by atoms with van der Waals surface area (Å²) in [7, 11) is 1.75. The first-order chi connectivity index (χ1) is 31.3. The summed E-state index contributed by atoms with van der Waals surface area (Å²) in [6.45, 7) is 4.99. The van der Waals surface area contributed by atoms with Crippen LogP contribution in [0.15, 0.2) is 109 Å². The van der Waals surface area contributed by atoms with Crippen LogP contribution in [-0.2, 0) is 27.9 Å². The molecule has 4 heterocycles. The van der Waals surface area contributed by atoms with Crippen LogP contribution < -0.4 is 16.0 Å². The zero-order valence-electron chi connectivity index (χ0n) is 35.1. The van der Waals surface area contributed by atoms with Crippen molar-refractivity contribution in [3.8, 4) is 0 Å². The minimum atomic E-state index is -5.08. The minimum absolute atomic E-state index is 0.189. The van der Waals surface area contributed by atoms with Crippen LogP contribution in [0, 0.1) is 0 Å². The molecule has 2 aromatic carbocycles. The van der Waals surface area contributed by atoms with E-state index in [-0.39, 0.29) is 17.7 Å². The van der Waals surface area contributed by atoms with E-state index in [1.54, 1.807) is 66.2 Å². The highest BCUT2D eigenvalue weighted by Crippen LogP contribution is 2.22. The van der Waals surface area contributed by atoms with Gasteiger partial charge < -0.3 is 40.0 Å². The number of carbonyl (C=O) groups is 5. The summed E-state index contributed by atoms with van der Waals surface area (Å²) >= 11 is 1.77. The van der Waals surface area contributed by atoms with Crippen LogP contribution in [0.25, 0.3) is 12.2 Å². The Morgan fingerprint density at radius 3 is 1.86 bits per heavy atom. The van der Waals surface area contributed by atoms with Gasteiger partial charge in [-0.25, -0.2) is 9.59 Å². The summed E-state index contributed by atoms with van der Waals surface area (Å²) in [5.41, 5.74) is 4.34. The van der Waals surface area contributed by atoms with Gasteiger partial charge in [-0.1, -0.05) is 42.5 Å². The smallest absolute Gasteiger partial charge is 0.475 e. The van der Waals surface area contributed by atoms with Gasteiger partial charge in [-0.2, -0.15) is 26.3 Å². The average molecular weight is 946 g/mol. The lowest BCUT2D eigenvalue weighted by Gasteiger charge is -2.26. The van der Waals surface area contributed by atoms with Gasteiger partial charge in [0.1, 0.15) is 11.4 Å². The molecule has 66 heavy (non-hydrogen) atoms. The molecule has 0 atom stereocenters. The maximum Gasteiger partial charge on any atom is 0.490 e. The van der Waals surface area contributed by atoms with Crippen molar-refractivity contribution in [1.82, 2.24) is 24.3 Å². The number of amides is 3. The van der Waals surface area contributed by atoms with Crippen molar-refractivity contribution in [2.24, 2.45) is 7.05 Å². The Morgan fingerprint density at radius 1 is 0.727 bits per heavy atom. The van der Waals surface area contributed by atoms with Crippen LogP contribution in [-0.4, -0.2) is 116 Å². The number of carbonyl (C=O) groups excluding carboxylic acids is 3. The Balaban J connectivity index is 0.000000590. The van der Waals surface area contributed by atoms with E-state index < -0.39 is 24.3 Å². The average Bonchev–Trinajstić information content (AvgIpc) is 3.87. The van der Waals surface area contributed by atoms with Crippen LogP contribution in [0.2, 0.25) is 0 Å². The van der Waals surface area contributed by atoms with E-state index in [2.05, 4.69) is 38.0 Å². The normalized spacial score (nSPS) is 12.8. The highest BCUT2D eigenvalue weighted by atomic mass is 32.2. The van der Waals surface area contributed by atoms with E-state index in [1.165, 1.54) is 4.90 Å². The number of hydrogen-bond donors (Lipinski definition) is 5. The molecular weight excluding hydrogens is 901 g/mol. The second kappa shape index (κ2) is 25.0. The number of ether oxygens (including phenoxy) is 1. The number of anilines is 2. The summed E-state index contributed by atoms with van der Waals surface area (Å²) < 4.78 is 72.5. The number of benzene rings is 2. The lowest BCUT2D eigenvalue weighted by Crippen LogP contribution is -2.41. The highest BCUT2D eigenvalue weighted by molar-refractivity contribution is 7.99. The lowest BCUT2D eigenvalue weighted by molar-refractivity contribution is -0.193. The number of rotatable bonds is 15. The maximum atomic E-state index is 13.5. The first kappa shape index (κ1) is 51.7. The molecular formula is C44H45F6N7O8S. The van der Waals surface area contributed by atoms with Gasteiger partial charge in [-0.05, 0) is 71.8 Å². The van der Waals surface area contributed by atoms with Crippen molar-refractivity contribution in [2.75, 3.05) is 55.8 Å². The molecule has 6 rings (SSSR count). The summed E-state index contributed by atoms with van der Waals surface area (Å²) in [6, 6.07) is 24.7. The van der Waals surface area contributed by atoms with E-state index in [0.717, 1.165) is 42.9 Å². The first-order valence-electron chi connectivity index (χ1n) is 19.8. The van der Waals surface area contributed by atoms with E-state index >= 15 is 0 Å². The van der Waals surface area contributed by atoms with E-state index in [0.29, 0.717) is 54.6 Å². The number of hydrogen-bond acceptors (Lipinski definition) is 9. The number of halogens is 6. The van der Waals surface area contributed by atoms with E-state index in [4.69, 9.17) is 24.5 Å². The van der Waals surface area contributed by atoms with Crippen LogP contribution in [0.3, 0.4) is 0 Å². The molecule has 1 aliphatic heterocycles. The van der Waals surface area contributed by atoms with Crippen molar-refractivity contribution in [2.45, 2.75) is 30.2 Å². The second-order valence-electron chi connectivity index (χ2n) is 14.0. The topological polar surface area (TPSA) is 197 Å². The van der Waals surface area contributed by atoms with Gasteiger partial charge in [-0.3, -0.25) is 24.3 Å². The number of morpholine rings is 1. The van der Waals surface area contributed by atoms with Crippen molar-refractivity contribution in [1.29, 1.82) is 0 Å². The van der Waals surface area contributed by atoms with Gasteiger partial charge in [0, 0.05) is 75.0 Å². The number of aromatic nitrogens is 3. The fraction of sp³-hybridized carbons (Fsp3) is 0.273. The number of aliphatic carboxylic acids is 2. The van der Waals surface area contributed by atoms with Gasteiger partial charge in [0.05, 0.1) is 24.6 Å². The number of aryl methyl sites for hydroxylation is 2. The van der Waals surface area contributed by atoms with Crippen molar-refractivity contribution >= 4 is 64.9 Å². The van der Waals surface area contributed by atoms with Gasteiger partial charge in [0.25, 0.3) is 17.7 Å². The van der Waals surface area contributed by atoms with E-state index in [1.807, 2.05) is 65.4 Å². The molecule has 0 saturated carbocycles. The predicted octanol–water partition coefficient (Wildman–Crippen LogP) is 7.41. The van der Waals surface area contributed by atoms with E-state index in [9.17, 15) is 40.7 Å². The Bertz CT molecular complexity index is 2380. The number of carboxylic acid groups (broad SMARTS) is 2. The SMILES string of the molecule is Cn1cc(NC(=O)c2ccc(/C=C/c3ccncc3)cc2)cc1C(=O)Nc1cc(C(=O)NCCN2CCOCC2)n(CCCSc2ccccc2)c1.O=C(O)C(F)(F)F.O=C(O)C(F)(F)F. The second-order valence-corrected chi connectivity index (χ2v) is 15.2. The number of carboxylic acids is 2. The Morgan fingerprint density at radius 2 is 1.27 bits per heavy atom. The molecule has 0 spiro atoms. The molecule has 22 heteroatoms. The first-order valence-corrected chi connectivity index (χ1v) is 20.8. The molecule has 0 aliphatic carbocycles. The molecule has 3 amide bonds. The molecule has 352 valence electrons. The molecule has 5 aromatic rings. The number of nitrogens with zero attached hydrogens (tertiary/aromatic N) is 4. The van der Waals surface area contributed by atoms with Crippen LogP contribution in [0.4, 0.5) is 37.7 Å². The van der Waals surface area contributed by atoms with Crippen LogP contribution in [0.5, 0.6) is 0 Å². The third-order valence-corrected chi connectivity index (χ3v) is 10.2. The fourth-order valence-electron chi connectivity index (χ4n) is 5.81. The fourth-order valence-corrected chi connectivity index (χ4v) is 6.67. The molecule has 0 bridgehead atoms. The quantitative estimate of drug-likeness (QED) is 0.0398. The van der Waals surface area contributed by atoms with Gasteiger partial charge in [-0.15, -0.1) is 11.8 Å². The number of pyridine rings is 1.